The lowest BCUT2D eigenvalue weighted by Crippen LogP contribution is -2.12. The van der Waals surface area contributed by atoms with E-state index in [0.29, 0.717) is 0 Å². The third-order valence-electron chi connectivity index (χ3n) is 3.37. The fraction of sp³-hybridized carbons (Fsp3) is 0.526. The van der Waals surface area contributed by atoms with Gasteiger partial charge in [-0.3, -0.25) is 0 Å². The van der Waals surface area contributed by atoms with Gasteiger partial charge in [0.25, 0.3) is 0 Å². The third kappa shape index (κ3) is 6.09. The van der Waals surface area contributed by atoms with E-state index in [0.717, 1.165) is 23.1 Å². The number of allylic oxidation sites excluding steroid dienone is 6. The van der Waals surface area contributed by atoms with E-state index in [4.69, 9.17) is 0 Å². The first kappa shape index (κ1) is 18.0. The van der Waals surface area contributed by atoms with E-state index in [1.165, 1.54) is 5.57 Å². The fourth-order valence-corrected chi connectivity index (χ4v) is 1.40. The topological polar surface area (TPSA) is 0 Å². The summed E-state index contributed by atoms with van der Waals surface area (Å²) in [6.07, 6.45) is 5.30. The highest BCUT2D eigenvalue weighted by atomic mass is 14.2. The Morgan fingerprint density at radius 1 is 0.895 bits per heavy atom. The standard InChI is InChI=1S/C19H31/c1-11-14(2)15(3)12-17(19(8,9)10)13-16(4)18(5,6)7/h12-13H,2-4,11H2,1,5-10H3/b16-13+,17-12+. The molecule has 0 spiro atoms. The van der Waals surface area contributed by atoms with Gasteiger partial charge in [-0.15, -0.1) is 0 Å². The Morgan fingerprint density at radius 2 is 1.37 bits per heavy atom. The smallest absolute Gasteiger partial charge is 0.0132 e. The van der Waals surface area contributed by atoms with E-state index in [1.807, 2.05) is 0 Å². The number of hydrogen-bond donors (Lipinski definition) is 0. The highest BCUT2D eigenvalue weighted by Gasteiger charge is 2.19. The largest absolute Gasteiger partial charge is 0.0953 e. The van der Waals surface area contributed by atoms with Gasteiger partial charge in [0.2, 0.25) is 0 Å². The molecule has 0 N–H and O–H groups in total. The molecule has 19 heavy (non-hydrogen) atoms. The lowest BCUT2D eigenvalue weighted by molar-refractivity contribution is 0.497. The summed E-state index contributed by atoms with van der Waals surface area (Å²) in [4.78, 5) is 0. The summed E-state index contributed by atoms with van der Waals surface area (Å²) < 4.78 is 0. The number of hydrogen-bond acceptors (Lipinski definition) is 0. The maximum atomic E-state index is 4.20. The Labute approximate surface area is 121 Å². The van der Waals surface area contributed by atoms with Crippen LogP contribution in [-0.2, 0) is 0 Å². The summed E-state index contributed by atoms with van der Waals surface area (Å²) in [5.41, 5.74) is 4.68. The zero-order valence-corrected chi connectivity index (χ0v) is 14.0. The summed E-state index contributed by atoms with van der Waals surface area (Å²) >= 11 is 0. The van der Waals surface area contributed by atoms with Crippen LogP contribution < -0.4 is 0 Å². The second kappa shape index (κ2) is 6.41. The summed E-state index contributed by atoms with van der Waals surface area (Å²) in [7, 11) is 0. The third-order valence-corrected chi connectivity index (χ3v) is 3.37. The van der Waals surface area contributed by atoms with Gasteiger partial charge in [-0.25, -0.2) is 0 Å². The van der Waals surface area contributed by atoms with Crippen molar-refractivity contribution in [2.45, 2.75) is 54.9 Å². The van der Waals surface area contributed by atoms with Crippen LogP contribution in [0.15, 0.2) is 47.6 Å². The molecule has 0 fully saturated rings. The van der Waals surface area contributed by atoms with Gasteiger partial charge in [-0.05, 0) is 40.9 Å². The molecule has 0 aliphatic carbocycles. The molecule has 0 atom stereocenters. The molecule has 0 heterocycles. The summed E-state index contributed by atoms with van der Waals surface area (Å²) in [5, 5.41) is 0. The first-order chi connectivity index (χ1) is 8.39. The molecule has 107 valence electrons. The number of rotatable bonds is 4. The summed E-state index contributed by atoms with van der Waals surface area (Å²) in [5.74, 6) is 0. The average Bonchev–Trinajstić information content (AvgIpc) is 2.23. The molecule has 0 bridgehead atoms. The lowest BCUT2D eigenvalue weighted by atomic mass is 9.79. The Kier molecular flexibility index (Phi) is 6.06. The molecule has 0 aromatic carbocycles. The van der Waals surface area contributed by atoms with Crippen LogP contribution in [0, 0.1) is 17.8 Å². The fourth-order valence-electron chi connectivity index (χ4n) is 1.40. The molecule has 0 aliphatic heterocycles. The van der Waals surface area contributed by atoms with Crippen LogP contribution in [0.2, 0.25) is 0 Å². The minimum Gasteiger partial charge on any atom is -0.0953 e. The monoisotopic (exact) mass is 259 g/mol. The normalized spacial score (nSPS) is 14.5. The minimum absolute atomic E-state index is 0.0746. The van der Waals surface area contributed by atoms with Gasteiger partial charge in [0, 0.05) is 0 Å². The molecule has 0 amide bonds. The van der Waals surface area contributed by atoms with Crippen LogP contribution in [0.5, 0.6) is 0 Å². The van der Waals surface area contributed by atoms with Gasteiger partial charge >= 0.3 is 0 Å². The van der Waals surface area contributed by atoms with Gasteiger partial charge in [0.1, 0.15) is 0 Å². The first-order valence-corrected chi connectivity index (χ1v) is 7.03. The Hall–Kier alpha value is -1.04. The van der Waals surface area contributed by atoms with Crippen molar-refractivity contribution in [2.75, 3.05) is 0 Å². The molecule has 0 heteroatoms. The van der Waals surface area contributed by atoms with Crippen LogP contribution in [0.3, 0.4) is 0 Å². The van der Waals surface area contributed by atoms with Crippen molar-refractivity contribution in [1.29, 1.82) is 0 Å². The Morgan fingerprint density at radius 3 is 1.68 bits per heavy atom. The highest BCUT2D eigenvalue weighted by Crippen LogP contribution is 2.33. The van der Waals surface area contributed by atoms with E-state index >= 15 is 0 Å². The van der Waals surface area contributed by atoms with Crippen molar-refractivity contribution in [3.63, 3.8) is 0 Å². The molecule has 0 rings (SSSR count). The van der Waals surface area contributed by atoms with Crippen molar-refractivity contribution in [3.05, 3.63) is 54.5 Å². The molecule has 0 saturated heterocycles. The average molecular weight is 259 g/mol. The molecule has 1 radical (unpaired) electrons. The quantitative estimate of drug-likeness (QED) is 0.521. The molecule has 0 aromatic heterocycles. The predicted octanol–water partition coefficient (Wildman–Crippen LogP) is 6.29. The van der Waals surface area contributed by atoms with E-state index in [-0.39, 0.29) is 10.8 Å². The van der Waals surface area contributed by atoms with Crippen molar-refractivity contribution in [1.82, 2.24) is 0 Å². The van der Waals surface area contributed by atoms with Gasteiger partial charge in [-0.2, -0.15) is 0 Å². The Bertz CT molecular complexity index is 400. The molecule has 0 saturated carbocycles. The minimum atomic E-state index is 0.0746. The van der Waals surface area contributed by atoms with Crippen molar-refractivity contribution < 1.29 is 0 Å². The maximum absolute atomic E-state index is 4.20. The van der Waals surface area contributed by atoms with Crippen molar-refractivity contribution in [3.8, 4) is 0 Å². The zero-order chi connectivity index (χ0) is 15.4. The van der Waals surface area contributed by atoms with E-state index in [1.54, 1.807) is 0 Å². The Balaban J connectivity index is 5.57. The molecular formula is C19H31. The maximum Gasteiger partial charge on any atom is -0.0132 e. The van der Waals surface area contributed by atoms with E-state index < -0.39 is 0 Å². The van der Waals surface area contributed by atoms with Crippen LogP contribution in [-0.4, -0.2) is 0 Å². The molecule has 0 unspecified atom stereocenters. The van der Waals surface area contributed by atoms with Crippen LogP contribution in [0.4, 0.5) is 0 Å². The van der Waals surface area contributed by atoms with Crippen LogP contribution in [0.25, 0.3) is 0 Å². The zero-order valence-electron chi connectivity index (χ0n) is 14.0. The van der Waals surface area contributed by atoms with Gasteiger partial charge in [0.15, 0.2) is 0 Å². The highest BCUT2D eigenvalue weighted by molar-refractivity contribution is 5.43. The molecular weight excluding hydrogens is 228 g/mol. The van der Waals surface area contributed by atoms with Gasteiger partial charge in [0.05, 0.1) is 0 Å². The first-order valence-electron chi connectivity index (χ1n) is 7.03. The summed E-state index contributed by atoms with van der Waals surface area (Å²) in [6.45, 7) is 27.7. The second-order valence-electron chi connectivity index (χ2n) is 7.25. The van der Waals surface area contributed by atoms with Crippen molar-refractivity contribution >= 4 is 0 Å². The van der Waals surface area contributed by atoms with E-state index in [2.05, 4.69) is 80.7 Å². The van der Waals surface area contributed by atoms with Gasteiger partial charge < -0.3 is 0 Å². The van der Waals surface area contributed by atoms with E-state index in [9.17, 15) is 0 Å². The molecule has 0 aliphatic rings. The van der Waals surface area contributed by atoms with Crippen molar-refractivity contribution in [2.24, 2.45) is 10.8 Å². The molecule has 0 aromatic rings. The van der Waals surface area contributed by atoms with Crippen LogP contribution >= 0.6 is 0 Å². The lowest BCUT2D eigenvalue weighted by Gasteiger charge is -2.26. The van der Waals surface area contributed by atoms with Gasteiger partial charge in [-0.1, -0.05) is 79.3 Å². The molecule has 0 nitrogen and oxygen atoms in total. The second-order valence-corrected chi connectivity index (χ2v) is 7.25. The SMILES string of the molecule is [CH2]/C(=C\C(=C/C(=C)C(=C)CC)C(C)(C)C)C(C)(C)C. The predicted molar refractivity (Wildman–Crippen MR) is 89.0 cm³/mol. The van der Waals surface area contributed by atoms with Crippen LogP contribution in [0.1, 0.15) is 54.9 Å². The summed E-state index contributed by atoms with van der Waals surface area (Å²) in [6, 6.07) is 0.